The van der Waals surface area contributed by atoms with E-state index in [1.54, 1.807) is 24.3 Å². The van der Waals surface area contributed by atoms with Gasteiger partial charge in [-0.3, -0.25) is 0 Å². The molecule has 0 unspecified atom stereocenters. The van der Waals surface area contributed by atoms with Crippen molar-refractivity contribution in [2.45, 2.75) is 6.92 Å². The Morgan fingerprint density at radius 1 is 1.08 bits per heavy atom. The van der Waals surface area contributed by atoms with Crippen LogP contribution in [0.5, 0.6) is 0 Å². The molecule has 1 N–H and O–H groups in total. The summed E-state index contributed by atoms with van der Waals surface area (Å²) in [5.41, 5.74) is 3.63. The van der Waals surface area contributed by atoms with Crippen molar-refractivity contribution in [3.63, 3.8) is 0 Å². The van der Waals surface area contributed by atoms with Crippen molar-refractivity contribution in [3.05, 3.63) is 59.7 Å². The van der Waals surface area contributed by atoms with Crippen LogP contribution in [0.1, 0.15) is 11.1 Å². The lowest BCUT2D eigenvalue weighted by atomic mass is 10.2. The molecule has 3 rings (SSSR count). The molecule has 0 bridgehead atoms. The minimum atomic E-state index is -0.117. The van der Waals surface area contributed by atoms with Gasteiger partial charge in [-0.05, 0) is 37.3 Å². The molecule has 5 nitrogen and oxygen atoms in total. The molecule has 2 aromatic carbocycles. The number of benzene rings is 2. The zero-order valence-corrected chi connectivity index (χ0v) is 13.7. The van der Waals surface area contributed by atoms with Crippen LogP contribution in [0, 0.1) is 18.3 Å². The summed E-state index contributed by atoms with van der Waals surface area (Å²) < 4.78 is 0. The largest absolute Gasteiger partial charge is 0.368 e. The zero-order chi connectivity index (χ0) is 16.9. The lowest BCUT2D eigenvalue weighted by Gasteiger charge is -2.36. The smallest absolute Gasteiger partial charge is 0.321 e. The van der Waals surface area contributed by atoms with Crippen molar-refractivity contribution >= 4 is 17.4 Å². The number of carbonyl (C=O) groups is 1. The van der Waals surface area contributed by atoms with Crippen molar-refractivity contribution in [2.75, 3.05) is 36.4 Å². The van der Waals surface area contributed by atoms with E-state index < -0.39 is 0 Å². The average molecular weight is 320 g/mol. The number of hydrogen-bond donors (Lipinski definition) is 1. The van der Waals surface area contributed by atoms with Crippen LogP contribution >= 0.6 is 0 Å². The normalized spacial score (nSPS) is 14.2. The number of nitriles is 1. The summed E-state index contributed by atoms with van der Waals surface area (Å²) >= 11 is 0. The van der Waals surface area contributed by atoms with Crippen molar-refractivity contribution in [2.24, 2.45) is 0 Å². The predicted octanol–water partition coefficient (Wildman–Crippen LogP) is 3.22. The maximum atomic E-state index is 12.4. The molecule has 24 heavy (non-hydrogen) atoms. The number of piperazine rings is 1. The quantitative estimate of drug-likeness (QED) is 0.924. The van der Waals surface area contributed by atoms with Crippen LogP contribution in [-0.2, 0) is 0 Å². The fourth-order valence-corrected chi connectivity index (χ4v) is 2.79. The number of amides is 2. The third kappa shape index (κ3) is 3.66. The van der Waals surface area contributed by atoms with E-state index in [-0.39, 0.29) is 6.03 Å². The summed E-state index contributed by atoms with van der Waals surface area (Å²) in [6.07, 6.45) is 0. The molecule has 1 fully saturated rings. The molecule has 2 amide bonds. The van der Waals surface area contributed by atoms with Gasteiger partial charge >= 0.3 is 6.03 Å². The Morgan fingerprint density at radius 3 is 2.46 bits per heavy atom. The van der Waals surface area contributed by atoms with Crippen LogP contribution in [0.2, 0.25) is 0 Å². The Morgan fingerprint density at radius 2 is 1.79 bits per heavy atom. The monoisotopic (exact) mass is 320 g/mol. The Labute approximate surface area is 142 Å². The fraction of sp³-hybridized carbons (Fsp3) is 0.263. The molecule has 0 spiro atoms. The Kier molecular flexibility index (Phi) is 4.66. The molecular formula is C19H20N4O. The van der Waals surface area contributed by atoms with Gasteiger partial charge in [0, 0.05) is 37.6 Å². The van der Waals surface area contributed by atoms with Crippen molar-refractivity contribution < 1.29 is 4.79 Å². The summed E-state index contributed by atoms with van der Waals surface area (Å²) in [4.78, 5) is 16.5. The number of carbonyl (C=O) groups excluding carboxylic acids is 1. The van der Waals surface area contributed by atoms with Gasteiger partial charge in [0.15, 0.2) is 0 Å². The molecule has 0 radical (unpaired) electrons. The van der Waals surface area contributed by atoms with Crippen molar-refractivity contribution in [1.82, 2.24) is 4.90 Å². The molecule has 1 aliphatic heterocycles. The van der Waals surface area contributed by atoms with E-state index >= 15 is 0 Å². The minimum Gasteiger partial charge on any atom is -0.368 e. The summed E-state index contributed by atoms with van der Waals surface area (Å²) in [5, 5.41) is 11.8. The summed E-state index contributed by atoms with van der Waals surface area (Å²) in [6, 6.07) is 17.4. The second-order valence-corrected chi connectivity index (χ2v) is 5.93. The third-order valence-electron chi connectivity index (χ3n) is 4.21. The average Bonchev–Trinajstić information content (AvgIpc) is 2.62. The molecule has 2 aromatic rings. The molecule has 0 atom stereocenters. The SMILES string of the molecule is Cc1ccc(N2CCN(C(=O)Nc3cccc(C#N)c3)CC2)cc1. The van der Waals surface area contributed by atoms with E-state index in [1.807, 2.05) is 4.90 Å². The van der Waals surface area contributed by atoms with Gasteiger partial charge in [0.05, 0.1) is 11.6 Å². The molecule has 122 valence electrons. The van der Waals surface area contributed by atoms with E-state index in [4.69, 9.17) is 5.26 Å². The molecule has 1 saturated heterocycles. The molecule has 1 aliphatic rings. The molecule has 1 heterocycles. The van der Waals surface area contributed by atoms with Gasteiger partial charge in [0.2, 0.25) is 0 Å². The molecule has 5 heteroatoms. The van der Waals surface area contributed by atoms with E-state index in [1.165, 1.54) is 11.3 Å². The Balaban J connectivity index is 1.57. The topological polar surface area (TPSA) is 59.4 Å². The lowest BCUT2D eigenvalue weighted by molar-refractivity contribution is 0.208. The number of rotatable bonds is 2. The van der Waals surface area contributed by atoms with Gasteiger partial charge in [0.1, 0.15) is 0 Å². The summed E-state index contributed by atoms with van der Waals surface area (Å²) in [5.74, 6) is 0. The zero-order valence-electron chi connectivity index (χ0n) is 13.7. The first-order chi connectivity index (χ1) is 11.7. The molecular weight excluding hydrogens is 300 g/mol. The van der Waals surface area contributed by atoms with Gasteiger partial charge in [0.25, 0.3) is 0 Å². The lowest BCUT2D eigenvalue weighted by Crippen LogP contribution is -2.50. The highest BCUT2D eigenvalue weighted by Crippen LogP contribution is 2.18. The van der Waals surface area contributed by atoms with Crippen molar-refractivity contribution in [3.8, 4) is 6.07 Å². The van der Waals surface area contributed by atoms with Crippen LogP contribution in [0.3, 0.4) is 0 Å². The van der Waals surface area contributed by atoms with Crippen LogP contribution in [0.25, 0.3) is 0 Å². The van der Waals surface area contributed by atoms with Gasteiger partial charge in [-0.15, -0.1) is 0 Å². The number of hydrogen-bond acceptors (Lipinski definition) is 3. The van der Waals surface area contributed by atoms with Gasteiger partial charge in [-0.2, -0.15) is 5.26 Å². The fourth-order valence-electron chi connectivity index (χ4n) is 2.79. The minimum absolute atomic E-state index is 0.117. The first-order valence-electron chi connectivity index (χ1n) is 8.03. The van der Waals surface area contributed by atoms with E-state index in [9.17, 15) is 4.79 Å². The van der Waals surface area contributed by atoms with Crippen LogP contribution in [0.15, 0.2) is 48.5 Å². The number of aryl methyl sites for hydroxylation is 1. The van der Waals surface area contributed by atoms with Crippen LogP contribution in [-0.4, -0.2) is 37.1 Å². The maximum Gasteiger partial charge on any atom is 0.321 e. The van der Waals surface area contributed by atoms with Gasteiger partial charge in [-0.25, -0.2) is 4.79 Å². The second kappa shape index (κ2) is 7.05. The second-order valence-electron chi connectivity index (χ2n) is 5.93. The van der Waals surface area contributed by atoms with E-state index in [0.29, 0.717) is 24.3 Å². The van der Waals surface area contributed by atoms with E-state index in [0.717, 1.165) is 13.1 Å². The maximum absolute atomic E-state index is 12.4. The van der Waals surface area contributed by atoms with Crippen molar-refractivity contribution in [1.29, 1.82) is 5.26 Å². The highest BCUT2D eigenvalue weighted by atomic mass is 16.2. The molecule has 0 aromatic heterocycles. The summed E-state index contributed by atoms with van der Waals surface area (Å²) in [6.45, 7) is 5.06. The van der Waals surface area contributed by atoms with Gasteiger partial charge in [-0.1, -0.05) is 23.8 Å². The number of anilines is 2. The standard InChI is InChI=1S/C19H20N4O/c1-15-5-7-18(8-6-15)22-9-11-23(12-10-22)19(24)21-17-4-2-3-16(13-17)14-20/h2-8,13H,9-12H2,1H3,(H,21,24). The molecule has 0 aliphatic carbocycles. The highest BCUT2D eigenvalue weighted by Gasteiger charge is 2.21. The van der Waals surface area contributed by atoms with E-state index in [2.05, 4.69) is 47.5 Å². The number of nitrogens with zero attached hydrogens (tertiary/aromatic N) is 3. The van der Waals surface area contributed by atoms with Crippen LogP contribution in [0.4, 0.5) is 16.2 Å². The summed E-state index contributed by atoms with van der Waals surface area (Å²) in [7, 11) is 0. The molecule has 0 saturated carbocycles. The first-order valence-corrected chi connectivity index (χ1v) is 8.03. The Hall–Kier alpha value is -3.00. The predicted molar refractivity (Wildman–Crippen MR) is 95.1 cm³/mol. The third-order valence-corrected chi connectivity index (χ3v) is 4.21. The number of urea groups is 1. The Bertz CT molecular complexity index is 756. The van der Waals surface area contributed by atoms with Crippen LogP contribution < -0.4 is 10.2 Å². The highest BCUT2D eigenvalue weighted by molar-refractivity contribution is 5.89. The first kappa shape index (κ1) is 15.9. The number of nitrogens with one attached hydrogen (secondary N) is 1. The van der Waals surface area contributed by atoms with Gasteiger partial charge < -0.3 is 15.1 Å².